The highest BCUT2D eigenvalue weighted by Gasteiger charge is 2.22. The number of hydrogen-bond acceptors (Lipinski definition) is 5. The predicted molar refractivity (Wildman–Crippen MR) is 111 cm³/mol. The molecule has 0 saturated heterocycles. The number of nitrogens with zero attached hydrogens (tertiary/aromatic N) is 1. The second kappa shape index (κ2) is 9.15. The van der Waals surface area contributed by atoms with Gasteiger partial charge in [-0.2, -0.15) is 0 Å². The van der Waals surface area contributed by atoms with Crippen LogP contribution in [0.4, 0.5) is 4.39 Å². The van der Waals surface area contributed by atoms with Gasteiger partial charge in [-0.05, 0) is 60.8 Å². The van der Waals surface area contributed by atoms with Crippen molar-refractivity contribution in [1.82, 2.24) is 4.98 Å². The fourth-order valence-corrected chi connectivity index (χ4v) is 4.68. The maximum absolute atomic E-state index is 14.1. The Morgan fingerprint density at radius 3 is 2.59 bits per heavy atom. The van der Waals surface area contributed by atoms with E-state index >= 15 is 0 Å². The molecule has 1 heterocycles. The van der Waals surface area contributed by atoms with Crippen LogP contribution in [0.5, 0.6) is 5.75 Å². The molecule has 2 aromatic carbocycles. The monoisotopic (exact) mass is 414 g/mol. The summed E-state index contributed by atoms with van der Waals surface area (Å²) in [5, 5.41) is 0. The van der Waals surface area contributed by atoms with Crippen molar-refractivity contribution in [3.05, 3.63) is 77.7 Å². The molecule has 1 aromatic heterocycles. The summed E-state index contributed by atoms with van der Waals surface area (Å²) in [6.07, 6.45) is 3.09. The fraction of sp³-hybridized carbons (Fsp3) is 0.227. The first-order chi connectivity index (χ1) is 13.9. The zero-order chi connectivity index (χ0) is 20.9. The predicted octanol–water partition coefficient (Wildman–Crippen LogP) is 3.76. The summed E-state index contributed by atoms with van der Waals surface area (Å²) in [7, 11) is -2.33. The average Bonchev–Trinajstić information content (AvgIpc) is 2.72. The third kappa shape index (κ3) is 4.99. The lowest BCUT2D eigenvalue weighted by atomic mass is 10.1. The number of rotatable bonds is 8. The lowest BCUT2D eigenvalue weighted by Crippen LogP contribution is -2.08. The average molecular weight is 415 g/mol. The standard InChI is InChI=1S/C22H23FN2O3S/c1-28-20-10-9-18(22-19(23)8-4-12-25-22)14-21(20)29(26,27)15-17-6-2-5-16(13-17)7-3-11-24/h2,4-6,8-10,12-14H,3,7,11,15,24H2,1H3. The quantitative estimate of drug-likeness (QED) is 0.607. The van der Waals surface area contributed by atoms with Crippen LogP contribution < -0.4 is 10.5 Å². The molecule has 0 aliphatic rings. The fourth-order valence-electron chi connectivity index (χ4n) is 3.14. The van der Waals surface area contributed by atoms with Crippen LogP contribution in [0.15, 0.2) is 65.7 Å². The number of methoxy groups -OCH3 is 1. The van der Waals surface area contributed by atoms with Crippen LogP contribution in [-0.4, -0.2) is 27.1 Å². The van der Waals surface area contributed by atoms with E-state index in [0.717, 1.165) is 18.4 Å². The Morgan fingerprint density at radius 1 is 1.07 bits per heavy atom. The van der Waals surface area contributed by atoms with Gasteiger partial charge < -0.3 is 10.5 Å². The van der Waals surface area contributed by atoms with Crippen LogP contribution in [0.25, 0.3) is 11.3 Å². The topological polar surface area (TPSA) is 82.3 Å². The molecule has 5 nitrogen and oxygen atoms in total. The second-order valence-electron chi connectivity index (χ2n) is 6.67. The lowest BCUT2D eigenvalue weighted by molar-refractivity contribution is 0.403. The SMILES string of the molecule is COc1ccc(-c2ncccc2F)cc1S(=O)(=O)Cc1cccc(CCCN)c1. The van der Waals surface area contributed by atoms with Crippen LogP contribution in [0.2, 0.25) is 0 Å². The van der Waals surface area contributed by atoms with Gasteiger partial charge in [-0.1, -0.05) is 24.3 Å². The number of halogens is 1. The molecule has 0 fully saturated rings. The molecule has 0 unspecified atom stereocenters. The molecule has 0 bridgehead atoms. The lowest BCUT2D eigenvalue weighted by Gasteiger charge is -2.12. The Hall–Kier alpha value is -2.77. The molecule has 3 aromatic rings. The summed E-state index contributed by atoms with van der Waals surface area (Å²) in [4.78, 5) is 4.04. The van der Waals surface area contributed by atoms with Crippen molar-refractivity contribution < 1.29 is 17.5 Å². The van der Waals surface area contributed by atoms with Crippen molar-refractivity contribution >= 4 is 9.84 Å². The maximum atomic E-state index is 14.1. The van der Waals surface area contributed by atoms with E-state index in [0.29, 0.717) is 17.7 Å². The van der Waals surface area contributed by atoms with Crippen molar-refractivity contribution in [3.63, 3.8) is 0 Å². The van der Waals surface area contributed by atoms with Crippen molar-refractivity contribution in [3.8, 4) is 17.0 Å². The molecular formula is C22H23FN2O3S. The Bertz CT molecular complexity index is 1100. The minimum atomic E-state index is -3.74. The van der Waals surface area contributed by atoms with Gasteiger partial charge in [0.2, 0.25) is 0 Å². The molecule has 29 heavy (non-hydrogen) atoms. The first-order valence-electron chi connectivity index (χ1n) is 9.24. The van der Waals surface area contributed by atoms with Crippen molar-refractivity contribution in [2.75, 3.05) is 13.7 Å². The number of pyridine rings is 1. The molecular weight excluding hydrogens is 391 g/mol. The zero-order valence-corrected chi connectivity index (χ0v) is 17.0. The third-order valence-electron chi connectivity index (χ3n) is 4.55. The Kier molecular flexibility index (Phi) is 6.61. The van der Waals surface area contributed by atoms with E-state index < -0.39 is 15.7 Å². The second-order valence-corrected chi connectivity index (χ2v) is 8.63. The van der Waals surface area contributed by atoms with Gasteiger partial charge in [-0.3, -0.25) is 4.98 Å². The summed E-state index contributed by atoms with van der Waals surface area (Å²) in [6, 6.07) is 14.7. The molecule has 2 N–H and O–H groups in total. The summed E-state index contributed by atoms with van der Waals surface area (Å²) >= 11 is 0. The summed E-state index contributed by atoms with van der Waals surface area (Å²) < 4.78 is 45.7. The van der Waals surface area contributed by atoms with Crippen LogP contribution in [0, 0.1) is 5.82 Å². The minimum Gasteiger partial charge on any atom is -0.495 e. The number of sulfone groups is 1. The van der Waals surface area contributed by atoms with Gasteiger partial charge in [0.1, 0.15) is 22.2 Å². The highest BCUT2D eigenvalue weighted by atomic mass is 32.2. The largest absolute Gasteiger partial charge is 0.495 e. The molecule has 3 rings (SSSR count). The molecule has 0 aliphatic heterocycles. The molecule has 152 valence electrons. The van der Waals surface area contributed by atoms with Gasteiger partial charge in [0.05, 0.1) is 12.9 Å². The highest BCUT2D eigenvalue weighted by Crippen LogP contribution is 2.32. The van der Waals surface area contributed by atoms with Crippen LogP contribution in [0.3, 0.4) is 0 Å². The van der Waals surface area contributed by atoms with Gasteiger partial charge in [-0.25, -0.2) is 12.8 Å². The first-order valence-corrected chi connectivity index (χ1v) is 10.9. The normalized spacial score (nSPS) is 11.4. The molecule has 0 saturated carbocycles. The number of hydrogen-bond donors (Lipinski definition) is 1. The Balaban J connectivity index is 1.98. The van der Waals surface area contributed by atoms with Crippen LogP contribution in [0.1, 0.15) is 17.5 Å². The van der Waals surface area contributed by atoms with Gasteiger partial charge in [-0.15, -0.1) is 0 Å². The molecule has 0 amide bonds. The van der Waals surface area contributed by atoms with Crippen LogP contribution in [-0.2, 0) is 22.0 Å². The van der Waals surface area contributed by atoms with E-state index in [1.54, 1.807) is 12.1 Å². The number of benzene rings is 2. The smallest absolute Gasteiger partial charge is 0.186 e. The van der Waals surface area contributed by atoms with Crippen molar-refractivity contribution in [2.24, 2.45) is 5.73 Å². The van der Waals surface area contributed by atoms with E-state index in [4.69, 9.17) is 10.5 Å². The summed E-state index contributed by atoms with van der Waals surface area (Å²) in [5.74, 6) is -0.494. The van der Waals surface area contributed by atoms with E-state index in [1.807, 2.05) is 18.2 Å². The third-order valence-corrected chi connectivity index (χ3v) is 6.25. The number of aryl methyl sites for hydroxylation is 1. The Morgan fingerprint density at radius 2 is 1.86 bits per heavy atom. The van der Waals surface area contributed by atoms with Crippen molar-refractivity contribution in [1.29, 1.82) is 0 Å². The maximum Gasteiger partial charge on any atom is 0.186 e. The Labute approximate surface area is 170 Å². The summed E-state index contributed by atoms with van der Waals surface area (Å²) in [6.45, 7) is 0.580. The minimum absolute atomic E-state index is 0.00918. The highest BCUT2D eigenvalue weighted by molar-refractivity contribution is 7.90. The molecule has 7 heteroatoms. The first kappa shape index (κ1) is 21.0. The van der Waals surface area contributed by atoms with E-state index in [9.17, 15) is 12.8 Å². The van der Waals surface area contributed by atoms with Crippen LogP contribution >= 0.6 is 0 Å². The van der Waals surface area contributed by atoms with Gasteiger partial charge >= 0.3 is 0 Å². The van der Waals surface area contributed by atoms with Gasteiger partial charge in [0.15, 0.2) is 9.84 Å². The molecule has 0 spiro atoms. The molecule has 0 radical (unpaired) electrons. The number of ether oxygens (including phenoxy) is 1. The molecule has 0 atom stereocenters. The van der Waals surface area contributed by atoms with Gasteiger partial charge in [0, 0.05) is 11.8 Å². The number of aromatic nitrogens is 1. The number of nitrogens with two attached hydrogens (primary N) is 1. The van der Waals surface area contributed by atoms with Gasteiger partial charge in [0.25, 0.3) is 0 Å². The van der Waals surface area contributed by atoms with E-state index in [1.165, 1.54) is 37.6 Å². The molecule has 0 aliphatic carbocycles. The zero-order valence-electron chi connectivity index (χ0n) is 16.1. The van der Waals surface area contributed by atoms with E-state index in [-0.39, 0.29) is 22.1 Å². The van der Waals surface area contributed by atoms with E-state index in [2.05, 4.69) is 4.98 Å². The van der Waals surface area contributed by atoms with Crippen molar-refractivity contribution in [2.45, 2.75) is 23.5 Å². The summed E-state index contributed by atoms with van der Waals surface area (Å²) in [5.41, 5.74) is 7.74.